The van der Waals surface area contributed by atoms with E-state index in [9.17, 15) is 9.59 Å². The molecule has 5 heteroatoms. The van der Waals surface area contributed by atoms with Gasteiger partial charge in [0.15, 0.2) is 17.4 Å². The zero-order valence-electron chi connectivity index (χ0n) is 14.6. The number of thioether (sulfide) groups is 1. The predicted molar refractivity (Wildman–Crippen MR) is 104 cm³/mol. The largest absolute Gasteiger partial charge is 0.294 e. The molecular formula is C21H18N2O2S. The van der Waals surface area contributed by atoms with E-state index in [0.717, 1.165) is 5.56 Å². The van der Waals surface area contributed by atoms with Crippen molar-refractivity contribution in [2.75, 3.05) is 5.75 Å². The molecule has 26 heavy (non-hydrogen) atoms. The summed E-state index contributed by atoms with van der Waals surface area (Å²) in [4.78, 5) is 33.5. The molecule has 130 valence electrons. The highest BCUT2D eigenvalue weighted by atomic mass is 32.2. The van der Waals surface area contributed by atoms with Crippen molar-refractivity contribution in [3.8, 4) is 11.4 Å². The Hall–Kier alpha value is -2.79. The number of aromatic nitrogens is 2. The minimum Gasteiger partial charge on any atom is -0.294 e. The van der Waals surface area contributed by atoms with E-state index in [1.54, 1.807) is 19.1 Å². The summed E-state index contributed by atoms with van der Waals surface area (Å²) in [6.45, 7) is 3.30. The van der Waals surface area contributed by atoms with Crippen LogP contribution in [0.15, 0.2) is 65.7 Å². The van der Waals surface area contributed by atoms with Gasteiger partial charge in [-0.15, -0.1) is 0 Å². The van der Waals surface area contributed by atoms with Crippen LogP contribution < -0.4 is 0 Å². The lowest BCUT2D eigenvalue weighted by atomic mass is 10.1. The number of hydrogen-bond acceptors (Lipinski definition) is 5. The van der Waals surface area contributed by atoms with Gasteiger partial charge >= 0.3 is 0 Å². The van der Waals surface area contributed by atoms with E-state index in [2.05, 4.69) is 9.97 Å². The summed E-state index contributed by atoms with van der Waals surface area (Å²) in [5.74, 6) is 0.678. The van der Waals surface area contributed by atoms with Crippen LogP contribution in [0.25, 0.3) is 11.4 Å². The number of ketones is 2. The zero-order valence-corrected chi connectivity index (χ0v) is 15.4. The van der Waals surface area contributed by atoms with Gasteiger partial charge in [-0.1, -0.05) is 72.4 Å². The predicted octanol–water partition coefficient (Wildman–Crippen LogP) is 4.63. The Kier molecular flexibility index (Phi) is 5.58. The highest BCUT2D eigenvalue weighted by Gasteiger charge is 2.18. The van der Waals surface area contributed by atoms with Gasteiger partial charge in [0, 0.05) is 11.1 Å². The monoisotopic (exact) mass is 362 g/mol. The Bertz CT molecular complexity index is 941. The molecule has 1 aromatic heterocycles. The molecule has 0 unspecified atom stereocenters. The first-order chi connectivity index (χ1) is 12.6. The van der Waals surface area contributed by atoms with Crippen LogP contribution in [-0.2, 0) is 0 Å². The summed E-state index contributed by atoms with van der Waals surface area (Å²) in [5, 5.41) is 0.549. The van der Waals surface area contributed by atoms with E-state index >= 15 is 0 Å². The summed E-state index contributed by atoms with van der Waals surface area (Å²) >= 11 is 1.28. The number of carbonyl (C=O) groups excluding carboxylic acids is 2. The van der Waals surface area contributed by atoms with Crippen molar-refractivity contribution in [2.45, 2.75) is 18.9 Å². The van der Waals surface area contributed by atoms with Crippen LogP contribution in [0.1, 0.15) is 33.3 Å². The first kappa shape index (κ1) is 18.0. The highest BCUT2D eigenvalue weighted by molar-refractivity contribution is 8.00. The minimum atomic E-state index is -0.100. The van der Waals surface area contributed by atoms with Gasteiger partial charge in [0.1, 0.15) is 5.03 Å². The fourth-order valence-electron chi connectivity index (χ4n) is 2.61. The van der Waals surface area contributed by atoms with Crippen molar-refractivity contribution < 1.29 is 9.59 Å². The maximum absolute atomic E-state index is 12.4. The molecular weight excluding hydrogens is 344 g/mol. The molecule has 0 spiro atoms. The average Bonchev–Trinajstić information content (AvgIpc) is 2.66. The summed E-state index contributed by atoms with van der Waals surface area (Å²) in [7, 11) is 0. The lowest BCUT2D eigenvalue weighted by Crippen LogP contribution is -2.08. The van der Waals surface area contributed by atoms with Crippen molar-refractivity contribution in [3.05, 3.63) is 77.5 Å². The van der Waals surface area contributed by atoms with Crippen molar-refractivity contribution in [3.63, 3.8) is 0 Å². The first-order valence-corrected chi connectivity index (χ1v) is 9.21. The van der Waals surface area contributed by atoms with E-state index in [0.29, 0.717) is 27.7 Å². The summed E-state index contributed by atoms with van der Waals surface area (Å²) in [5.41, 5.74) is 2.64. The fraction of sp³-hybridized carbons (Fsp3) is 0.143. The van der Waals surface area contributed by atoms with Gasteiger partial charge in [0.05, 0.1) is 17.0 Å². The Balaban J connectivity index is 1.92. The van der Waals surface area contributed by atoms with Crippen molar-refractivity contribution in [2.24, 2.45) is 0 Å². The zero-order chi connectivity index (χ0) is 18.5. The Morgan fingerprint density at radius 3 is 2.15 bits per heavy atom. The Labute approximate surface area is 156 Å². The Morgan fingerprint density at radius 1 is 0.923 bits per heavy atom. The van der Waals surface area contributed by atoms with Crippen LogP contribution in [0.5, 0.6) is 0 Å². The SMILES string of the molecule is CC(=O)c1c(C)nc(-c2ccccc2)nc1SCC(=O)c1ccccc1. The molecule has 2 aromatic carbocycles. The molecule has 0 amide bonds. The van der Waals surface area contributed by atoms with E-state index in [-0.39, 0.29) is 17.3 Å². The van der Waals surface area contributed by atoms with Crippen LogP contribution >= 0.6 is 11.8 Å². The van der Waals surface area contributed by atoms with Gasteiger partial charge in [-0.2, -0.15) is 0 Å². The molecule has 0 aliphatic heterocycles. The molecule has 0 aliphatic carbocycles. The normalized spacial score (nSPS) is 10.5. The quantitative estimate of drug-likeness (QED) is 0.363. The Morgan fingerprint density at radius 2 is 1.54 bits per heavy atom. The van der Waals surface area contributed by atoms with Crippen LogP contribution in [0, 0.1) is 6.92 Å². The van der Waals surface area contributed by atoms with E-state index < -0.39 is 0 Å². The smallest absolute Gasteiger partial charge is 0.173 e. The number of rotatable bonds is 6. The molecule has 0 saturated heterocycles. The molecule has 0 N–H and O–H groups in total. The lowest BCUT2D eigenvalue weighted by molar-refractivity contribution is 0.100. The molecule has 0 fully saturated rings. The van der Waals surface area contributed by atoms with Gasteiger partial charge in [0.25, 0.3) is 0 Å². The van der Waals surface area contributed by atoms with Crippen LogP contribution in [0.2, 0.25) is 0 Å². The van der Waals surface area contributed by atoms with Gasteiger partial charge < -0.3 is 0 Å². The third-order valence-electron chi connectivity index (χ3n) is 3.88. The molecule has 0 aliphatic rings. The summed E-state index contributed by atoms with van der Waals surface area (Å²) in [6, 6.07) is 18.7. The van der Waals surface area contributed by atoms with E-state index in [1.165, 1.54) is 18.7 Å². The molecule has 0 saturated carbocycles. The van der Waals surface area contributed by atoms with Crippen molar-refractivity contribution in [1.29, 1.82) is 0 Å². The molecule has 0 bridgehead atoms. The topological polar surface area (TPSA) is 59.9 Å². The van der Waals surface area contributed by atoms with Crippen LogP contribution in [0.3, 0.4) is 0 Å². The maximum atomic E-state index is 12.4. The van der Waals surface area contributed by atoms with Crippen LogP contribution in [0.4, 0.5) is 0 Å². The second-order valence-electron chi connectivity index (χ2n) is 5.81. The fourth-order valence-corrected chi connectivity index (χ4v) is 3.64. The number of hydrogen-bond donors (Lipinski definition) is 0. The molecule has 0 atom stereocenters. The van der Waals surface area contributed by atoms with Crippen molar-refractivity contribution >= 4 is 23.3 Å². The summed E-state index contributed by atoms with van der Waals surface area (Å²) < 4.78 is 0. The van der Waals surface area contributed by atoms with Crippen LogP contribution in [-0.4, -0.2) is 27.3 Å². The second kappa shape index (κ2) is 8.06. The lowest BCUT2D eigenvalue weighted by Gasteiger charge is -2.11. The van der Waals surface area contributed by atoms with Gasteiger partial charge in [-0.3, -0.25) is 9.59 Å². The first-order valence-electron chi connectivity index (χ1n) is 8.22. The molecule has 4 nitrogen and oxygen atoms in total. The number of benzene rings is 2. The molecule has 3 aromatic rings. The number of nitrogens with zero attached hydrogens (tertiary/aromatic N) is 2. The molecule has 3 rings (SSSR count). The van der Waals surface area contributed by atoms with Gasteiger partial charge in [-0.05, 0) is 13.8 Å². The van der Waals surface area contributed by atoms with E-state index in [4.69, 9.17) is 0 Å². The van der Waals surface area contributed by atoms with Crippen molar-refractivity contribution in [1.82, 2.24) is 9.97 Å². The number of carbonyl (C=O) groups is 2. The highest BCUT2D eigenvalue weighted by Crippen LogP contribution is 2.27. The minimum absolute atomic E-state index is 0.00243. The standard InChI is InChI=1S/C21H18N2O2S/c1-14-19(15(2)24)21(23-20(22-14)17-11-7-4-8-12-17)26-13-18(25)16-9-5-3-6-10-16/h3-12H,13H2,1-2H3. The maximum Gasteiger partial charge on any atom is 0.173 e. The average molecular weight is 362 g/mol. The van der Waals surface area contributed by atoms with Gasteiger partial charge in [-0.25, -0.2) is 9.97 Å². The second-order valence-corrected chi connectivity index (χ2v) is 6.78. The molecule has 0 radical (unpaired) electrons. The molecule has 1 heterocycles. The number of Topliss-reactive ketones (excluding diaryl/α,β-unsaturated/α-hetero) is 2. The number of aryl methyl sites for hydroxylation is 1. The third kappa shape index (κ3) is 4.06. The summed E-state index contributed by atoms with van der Waals surface area (Å²) in [6.07, 6.45) is 0. The van der Waals surface area contributed by atoms with Gasteiger partial charge in [0.2, 0.25) is 0 Å². The third-order valence-corrected chi connectivity index (χ3v) is 4.85. The van der Waals surface area contributed by atoms with E-state index in [1.807, 2.05) is 48.5 Å².